The first-order valence-corrected chi connectivity index (χ1v) is 11.3. The normalized spacial score (nSPS) is 13.3. The molecule has 0 spiro atoms. The number of nitrogens with zero attached hydrogens (tertiary/aromatic N) is 4. The van der Waals surface area contributed by atoms with Crippen molar-refractivity contribution < 1.29 is 18.3 Å². The number of methoxy groups -OCH3 is 1. The molecule has 0 aliphatic heterocycles. The van der Waals surface area contributed by atoms with Crippen molar-refractivity contribution in [3.05, 3.63) is 77.9 Å². The van der Waals surface area contributed by atoms with Gasteiger partial charge in [0, 0.05) is 23.7 Å². The first-order chi connectivity index (χ1) is 17.0. The molecule has 0 radical (unpaired) electrons. The quantitative estimate of drug-likeness (QED) is 0.305. The van der Waals surface area contributed by atoms with Gasteiger partial charge in [0.15, 0.2) is 11.4 Å². The molecule has 7 nitrogen and oxygen atoms in total. The Kier molecular flexibility index (Phi) is 4.95. The third-order valence-electron chi connectivity index (χ3n) is 6.31. The molecule has 1 saturated carbocycles. The fourth-order valence-electron chi connectivity index (χ4n) is 4.42. The lowest BCUT2D eigenvalue weighted by Crippen LogP contribution is -2.02. The second kappa shape index (κ2) is 8.16. The minimum atomic E-state index is -0.395. The Labute approximate surface area is 200 Å². The largest absolute Gasteiger partial charge is 0.465 e. The Balaban J connectivity index is 1.47. The summed E-state index contributed by atoms with van der Waals surface area (Å²) in [5.74, 6) is 0.635. The van der Waals surface area contributed by atoms with Gasteiger partial charge in [-0.2, -0.15) is 0 Å². The standard InChI is InChI=1S/C27H21FN4O3/c1-32-14-29-31-25(32)22-13-19(28)8-9-20(22)16-4-3-5-17(10-16)26-30-23-12-18(27(33)34-2)11-21(15-6-7-15)24(23)35-26/h3-5,8-15H,6-7H2,1-2H3. The van der Waals surface area contributed by atoms with Crippen molar-refractivity contribution in [1.82, 2.24) is 19.7 Å². The maximum Gasteiger partial charge on any atom is 0.337 e. The summed E-state index contributed by atoms with van der Waals surface area (Å²) in [6.45, 7) is 0. The number of aromatic nitrogens is 4. The van der Waals surface area contributed by atoms with Crippen molar-refractivity contribution >= 4 is 17.1 Å². The second-order valence-electron chi connectivity index (χ2n) is 8.73. The lowest BCUT2D eigenvalue weighted by molar-refractivity contribution is 0.0601. The van der Waals surface area contributed by atoms with Gasteiger partial charge in [-0.15, -0.1) is 10.2 Å². The summed E-state index contributed by atoms with van der Waals surface area (Å²) in [5, 5.41) is 8.10. The van der Waals surface area contributed by atoms with Crippen molar-refractivity contribution in [2.24, 2.45) is 7.05 Å². The number of ether oxygens (including phenoxy) is 1. The zero-order valence-corrected chi connectivity index (χ0v) is 19.2. The number of rotatable bonds is 5. The summed E-state index contributed by atoms with van der Waals surface area (Å²) in [5.41, 5.74) is 5.86. The lowest BCUT2D eigenvalue weighted by Gasteiger charge is -2.10. The van der Waals surface area contributed by atoms with E-state index in [0.717, 1.165) is 35.1 Å². The Morgan fingerprint density at radius 3 is 2.66 bits per heavy atom. The average Bonchev–Trinajstić information content (AvgIpc) is 3.48. The minimum Gasteiger partial charge on any atom is -0.465 e. The molecule has 0 amide bonds. The number of hydrogen-bond donors (Lipinski definition) is 0. The van der Waals surface area contributed by atoms with Gasteiger partial charge in [0.25, 0.3) is 0 Å². The summed E-state index contributed by atoms with van der Waals surface area (Å²) in [6, 6.07) is 15.9. The number of halogens is 1. The SMILES string of the molecule is COC(=O)c1cc(C2CC2)c2oc(-c3cccc(-c4ccc(F)cc4-c4nncn4C)c3)nc2c1. The van der Waals surface area contributed by atoms with E-state index in [1.807, 2.05) is 37.4 Å². The number of fused-ring (bicyclic) bond motifs is 1. The summed E-state index contributed by atoms with van der Waals surface area (Å²) in [4.78, 5) is 16.9. The molecular formula is C27H21FN4O3. The van der Waals surface area contributed by atoms with Crippen LogP contribution in [0.3, 0.4) is 0 Å². The number of aryl methyl sites for hydroxylation is 1. The van der Waals surface area contributed by atoms with Crippen LogP contribution >= 0.6 is 0 Å². The van der Waals surface area contributed by atoms with Gasteiger partial charge < -0.3 is 13.7 Å². The van der Waals surface area contributed by atoms with E-state index in [4.69, 9.17) is 14.1 Å². The fraction of sp³-hybridized carbons (Fsp3) is 0.185. The van der Waals surface area contributed by atoms with Gasteiger partial charge in [0.1, 0.15) is 17.7 Å². The molecule has 5 aromatic rings. The van der Waals surface area contributed by atoms with Crippen LogP contribution in [0.15, 0.2) is 65.3 Å². The first-order valence-electron chi connectivity index (χ1n) is 11.3. The predicted octanol–water partition coefficient (Wildman–Crippen LogP) is 5.76. The zero-order valence-electron chi connectivity index (χ0n) is 19.2. The van der Waals surface area contributed by atoms with Crippen LogP contribution in [0.5, 0.6) is 0 Å². The van der Waals surface area contributed by atoms with E-state index in [9.17, 15) is 9.18 Å². The van der Waals surface area contributed by atoms with E-state index >= 15 is 0 Å². The van der Waals surface area contributed by atoms with Crippen LogP contribution in [0.25, 0.3) is 45.1 Å². The molecule has 6 rings (SSSR count). The number of hydrogen-bond acceptors (Lipinski definition) is 6. The molecule has 0 saturated heterocycles. The number of esters is 1. The van der Waals surface area contributed by atoms with Crippen LogP contribution in [0.1, 0.15) is 34.7 Å². The topological polar surface area (TPSA) is 83.0 Å². The van der Waals surface area contributed by atoms with Crippen LogP contribution < -0.4 is 0 Å². The van der Waals surface area contributed by atoms with Crippen LogP contribution in [0, 0.1) is 5.82 Å². The third-order valence-corrected chi connectivity index (χ3v) is 6.31. The maximum atomic E-state index is 14.2. The predicted molar refractivity (Wildman–Crippen MR) is 128 cm³/mol. The van der Waals surface area contributed by atoms with Crippen molar-refractivity contribution in [2.45, 2.75) is 18.8 Å². The molecule has 174 valence electrons. The molecule has 2 heterocycles. The van der Waals surface area contributed by atoms with E-state index in [1.165, 1.54) is 19.2 Å². The smallest absolute Gasteiger partial charge is 0.337 e. The van der Waals surface area contributed by atoms with E-state index in [2.05, 4.69) is 10.2 Å². The van der Waals surface area contributed by atoms with E-state index in [1.54, 1.807) is 23.0 Å². The number of oxazole rings is 1. The first kappa shape index (κ1) is 21.2. The third kappa shape index (κ3) is 3.77. The van der Waals surface area contributed by atoms with Gasteiger partial charge in [-0.3, -0.25) is 0 Å². The van der Waals surface area contributed by atoms with Crippen molar-refractivity contribution in [3.8, 4) is 34.0 Å². The molecule has 3 aromatic carbocycles. The Morgan fingerprint density at radius 1 is 1.09 bits per heavy atom. The van der Waals surface area contributed by atoms with Crippen LogP contribution in [-0.4, -0.2) is 32.8 Å². The van der Waals surface area contributed by atoms with Crippen molar-refractivity contribution in [3.63, 3.8) is 0 Å². The Hall–Kier alpha value is -4.33. The summed E-state index contributed by atoms with van der Waals surface area (Å²) in [7, 11) is 3.19. The van der Waals surface area contributed by atoms with E-state index in [0.29, 0.717) is 39.9 Å². The van der Waals surface area contributed by atoms with Crippen molar-refractivity contribution in [2.75, 3.05) is 7.11 Å². The van der Waals surface area contributed by atoms with Gasteiger partial charge in [-0.25, -0.2) is 14.2 Å². The van der Waals surface area contributed by atoms with Gasteiger partial charge in [-0.1, -0.05) is 18.2 Å². The average molecular weight is 468 g/mol. The second-order valence-corrected chi connectivity index (χ2v) is 8.73. The molecule has 8 heteroatoms. The van der Waals surface area contributed by atoms with E-state index < -0.39 is 5.97 Å². The fourth-order valence-corrected chi connectivity index (χ4v) is 4.42. The van der Waals surface area contributed by atoms with E-state index in [-0.39, 0.29) is 5.82 Å². The molecule has 0 unspecified atom stereocenters. The van der Waals surface area contributed by atoms with Gasteiger partial charge in [0.2, 0.25) is 5.89 Å². The van der Waals surface area contributed by atoms with Crippen molar-refractivity contribution in [1.29, 1.82) is 0 Å². The van der Waals surface area contributed by atoms with Gasteiger partial charge >= 0.3 is 5.97 Å². The summed E-state index contributed by atoms with van der Waals surface area (Å²) in [6.07, 6.45) is 3.69. The highest BCUT2D eigenvalue weighted by molar-refractivity contribution is 5.95. The Bertz CT molecular complexity index is 1600. The van der Waals surface area contributed by atoms with Crippen LogP contribution in [0.2, 0.25) is 0 Å². The van der Waals surface area contributed by atoms with Crippen LogP contribution in [0.4, 0.5) is 4.39 Å². The molecule has 1 aliphatic carbocycles. The highest BCUT2D eigenvalue weighted by atomic mass is 19.1. The van der Waals surface area contributed by atoms with Gasteiger partial charge in [-0.05, 0) is 66.3 Å². The molecule has 0 N–H and O–H groups in total. The molecular weight excluding hydrogens is 447 g/mol. The number of carbonyl (C=O) groups excluding carboxylic acids is 1. The Morgan fingerprint density at radius 2 is 1.91 bits per heavy atom. The molecule has 1 aliphatic rings. The minimum absolute atomic E-state index is 0.351. The summed E-state index contributed by atoms with van der Waals surface area (Å²) < 4.78 is 27.1. The highest BCUT2D eigenvalue weighted by Crippen LogP contribution is 2.44. The molecule has 35 heavy (non-hydrogen) atoms. The monoisotopic (exact) mass is 468 g/mol. The highest BCUT2D eigenvalue weighted by Gasteiger charge is 2.29. The summed E-state index contributed by atoms with van der Waals surface area (Å²) >= 11 is 0. The zero-order chi connectivity index (χ0) is 24.1. The lowest BCUT2D eigenvalue weighted by atomic mass is 9.97. The molecule has 2 aromatic heterocycles. The number of benzene rings is 3. The molecule has 1 fully saturated rings. The maximum absolute atomic E-state index is 14.2. The van der Waals surface area contributed by atoms with Gasteiger partial charge in [0.05, 0.1) is 12.7 Å². The molecule has 0 atom stereocenters. The van der Waals surface area contributed by atoms with Crippen LogP contribution in [-0.2, 0) is 11.8 Å². The molecule has 0 bridgehead atoms. The number of carbonyl (C=O) groups is 1.